The van der Waals surface area contributed by atoms with E-state index in [1.54, 1.807) is 25.1 Å². The fraction of sp³-hybridized carbons (Fsp3) is 0.200. The third kappa shape index (κ3) is 3.31. The molecule has 2 aromatic carbocycles. The molecule has 1 nitrogen and oxygen atoms in total. The Morgan fingerprint density at radius 1 is 1.16 bits per heavy atom. The highest BCUT2D eigenvalue weighted by Gasteiger charge is 2.23. The molecule has 0 aliphatic carbocycles. The second-order valence-corrected chi connectivity index (χ2v) is 5.28. The van der Waals surface area contributed by atoms with E-state index in [9.17, 15) is 8.78 Å². The molecule has 0 amide bonds. The van der Waals surface area contributed by atoms with Crippen LogP contribution in [0.5, 0.6) is 0 Å². The largest absolute Gasteiger partial charge is 0.321 e. The van der Waals surface area contributed by atoms with Gasteiger partial charge in [0.15, 0.2) is 0 Å². The zero-order valence-corrected chi connectivity index (χ0v) is 11.2. The summed E-state index contributed by atoms with van der Waals surface area (Å²) >= 11 is 5.92. The standard InChI is InChI=1S/C15H14ClF2N/c1-15(19,11-3-2-4-12(16)8-11)9-10-7-13(17)5-6-14(10)18/h2-8H,9,19H2,1H3. The number of hydrogen-bond donors (Lipinski definition) is 1. The van der Waals surface area contributed by atoms with E-state index >= 15 is 0 Å². The lowest BCUT2D eigenvalue weighted by molar-refractivity contribution is 0.472. The van der Waals surface area contributed by atoms with Gasteiger partial charge >= 0.3 is 0 Å². The van der Waals surface area contributed by atoms with Crippen LogP contribution in [0.2, 0.25) is 5.02 Å². The van der Waals surface area contributed by atoms with Crippen LogP contribution < -0.4 is 5.73 Å². The maximum atomic E-state index is 13.6. The number of rotatable bonds is 3. The van der Waals surface area contributed by atoms with Gasteiger partial charge in [-0.05, 0) is 54.8 Å². The summed E-state index contributed by atoms with van der Waals surface area (Å²) in [6, 6.07) is 10.5. The molecule has 2 aromatic rings. The van der Waals surface area contributed by atoms with Crippen molar-refractivity contribution in [3.63, 3.8) is 0 Å². The molecule has 0 saturated heterocycles. The first-order chi connectivity index (χ1) is 8.88. The van der Waals surface area contributed by atoms with E-state index in [1.165, 1.54) is 6.07 Å². The molecule has 19 heavy (non-hydrogen) atoms. The maximum Gasteiger partial charge on any atom is 0.126 e. The first-order valence-corrected chi connectivity index (χ1v) is 6.25. The second-order valence-electron chi connectivity index (χ2n) is 4.84. The molecule has 2 rings (SSSR count). The molecule has 0 fully saturated rings. The Kier molecular flexibility index (Phi) is 3.88. The highest BCUT2D eigenvalue weighted by atomic mass is 35.5. The van der Waals surface area contributed by atoms with Crippen LogP contribution in [-0.4, -0.2) is 0 Å². The van der Waals surface area contributed by atoms with Crippen LogP contribution in [-0.2, 0) is 12.0 Å². The van der Waals surface area contributed by atoms with E-state index in [2.05, 4.69) is 0 Å². The van der Waals surface area contributed by atoms with Crippen molar-refractivity contribution in [3.05, 3.63) is 70.2 Å². The van der Waals surface area contributed by atoms with Crippen LogP contribution in [0.1, 0.15) is 18.1 Å². The van der Waals surface area contributed by atoms with Crippen LogP contribution in [0.15, 0.2) is 42.5 Å². The Labute approximate surface area is 116 Å². The van der Waals surface area contributed by atoms with Crippen LogP contribution in [0.3, 0.4) is 0 Å². The summed E-state index contributed by atoms with van der Waals surface area (Å²) in [5.41, 5.74) is 6.43. The summed E-state index contributed by atoms with van der Waals surface area (Å²) < 4.78 is 26.8. The van der Waals surface area contributed by atoms with Crippen molar-refractivity contribution in [3.8, 4) is 0 Å². The minimum Gasteiger partial charge on any atom is -0.321 e. The van der Waals surface area contributed by atoms with Gasteiger partial charge < -0.3 is 5.73 Å². The van der Waals surface area contributed by atoms with Gasteiger partial charge in [0, 0.05) is 10.6 Å². The minimum absolute atomic E-state index is 0.191. The van der Waals surface area contributed by atoms with Gasteiger partial charge in [-0.3, -0.25) is 0 Å². The first-order valence-electron chi connectivity index (χ1n) is 5.87. The lowest BCUT2D eigenvalue weighted by atomic mass is 9.86. The Bertz CT molecular complexity index is 596. The quantitative estimate of drug-likeness (QED) is 0.903. The van der Waals surface area contributed by atoms with Crippen LogP contribution >= 0.6 is 11.6 Å². The van der Waals surface area contributed by atoms with Crippen molar-refractivity contribution in [1.82, 2.24) is 0 Å². The van der Waals surface area contributed by atoms with Crippen molar-refractivity contribution in [1.29, 1.82) is 0 Å². The fourth-order valence-electron chi connectivity index (χ4n) is 2.02. The summed E-state index contributed by atoms with van der Waals surface area (Å²) in [7, 11) is 0. The Morgan fingerprint density at radius 3 is 2.58 bits per heavy atom. The minimum atomic E-state index is -0.820. The summed E-state index contributed by atoms with van der Waals surface area (Å²) in [4.78, 5) is 0. The molecule has 0 heterocycles. The summed E-state index contributed by atoms with van der Waals surface area (Å²) in [6.45, 7) is 1.77. The van der Waals surface area contributed by atoms with Crippen molar-refractivity contribution in [2.75, 3.05) is 0 Å². The lowest BCUT2D eigenvalue weighted by Crippen LogP contribution is -2.35. The molecule has 0 spiro atoms. The van der Waals surface area contributed by atoms with Gasteiger partial charge in [0.2, 0.25) is 0 Å². The van der Waals surface area contributed by atoms with E-state index in [4.69, 9.17) is 17.3 Å². The highest BCUT2D eigenvalue weighted by molar-refractivity contribution is 6.30. The first kappa shape index (κ1) is 14.0. The normalized spacial score (nSPS) is 14.2. The van der Waals surface area contributed by atoms with Crippen molar-refractivity contribution < 1.29 is 8.78 Å². The Balaban J connectivity index is 2.33. The van der Waals surface area contributed by atoms with Gasteiger partial charge in [-0.25, -0.2) is 8.78 Å². The number of hydrogen-bond acceptors (Lipinski definition) is 1. The molecule has 0 aliphatic heterocycles. The Morgan fingerprint density at radius 2 is 1.89 bits per heavy atom. The molecule has 2 N–H and O–H groups in total. The summed E-state index contributed by atoms with van der Waals surface area (Å²) in [5.74, 6) is -0.932. The van der Waals surface area contributed by atoms with E-state index in [0.29, 0.717) is 5.02 Å². The van der Waals surface area contributed by atoms with E-state index in [1.807, 2.05) is 6.07 Å². The molecule has 4 heteroatoms. The Hall–Kier alpha value is -1.45. The molecule has 0 bridgehead atoms. The van der Waals surface area contributed by atoms with Gasteiger partial charge in [0.05, 0.1) is 0 Å². The highest BCUT2D eigenvalue weighted by Crippen LogP contribution is 2.26. The molecule has 1 atom stereocenters. The van der Waals surface area contributed by atoms with Crippen LogP contribution in [0.25, 0.3) is 0 Å². The smallest absolute Gasteiger partial charge is 0.126 e. The third-order valence-electron chi connectivity index (χ3n) is 3.05. The molecule has 0 aliphatic rings. The van der Waals surface area contributed by atoms with E-state index in [0.717, 1.165) is 17.7 Å². The van der Waals surface area contributed by atoms with Gasteiger partial charge in [-0.1, -0.05) is 23.7 Å². The third-order valence-corrected chi connectivity index (χ3v) is 3.28. The SMILES string of the molecule is CC(N)(Cc1cc(F)ccc1F)c1cccc(Cl)c1. The van der Waals surface area contributed by atoms with Gasteiger partial charge in [-0.15, -0.1) is 0 Å². The number of nitrogens with two attached hydrogens (primary N) is 1. The van der Waals surface area contributed by atoms with E-state index in [-0.39, 0.29) is 12.0 Å². The lowest BCUT2D eigenvalue weighted by Gasteiger charge is -2.26. The fourth-order valence-corrected chi connectivity index (χ4v) is 2.21. The summed E-state index contributed by atoms with van der Waals surface area (Å²) in [6.07, 6.45) is 0.191. The predicted octanol–water partition coefficient (Wildman–Crippen LogP) is 4.03. The number of halogens is 3. The monoisotopic (exact) mass is 281 g/mol. The second kappa shape index (κ2) is 5.27. The number of benzene rings is 2. The molecular weight excluding hydrogens is 268 g/mol. The zero-order valence-electron chi connectivity index (χ0n) is 10.5. The average Bonchev–Trinajstić information content (AvgIpc) is 2.33. The summed E-state index contributed by atoms with van der Waals surface area (Å²) in [5, 5.41) is 0.564. The maximum absolute atomic E-state index is 13.6. The zero-order chi connectivity index (χ0) is 14.0. The van der Waals surface area contributed by atoms with Crippen molar-refractivity contribution in [2.24, 2.45) is 5.73 Å². The molecule has 100 valence electrons. The average molecular weight is 282 g/mol. The van der Waals surface area contributed by atoms with Gasteiger partial charge in [-0.2, -0.15) is 0 Å². The van der Waals surface area contributed by atoms with E-state index < -0.39 is 17.2 Å². The van der Waals surface area contributed by atoms with Crippen molar-refractivity contribution in [2.45, 2.75) is 18.9 Å². The van der Waals surface area contributed by atoms with Crippen molar-refractivity contribution >= 4 is 11.6 Å². The molecule has 1 unspecified atom stereocenters. The predicted molar refractivity (Wildman–Crippen MR) is 73.1 cm³/mol. The topological polar surface area (TPSA) is 26.0 Å². The molecule has 0 saturated carbocycles. The van der Waals surface area contributed by atoms with Crippen LogP contribution in [0.4, 0.5) is 8.78 Å². The molecular formula is C15H14ClF2N. The molecule has 0 radical (unpaired) electrons. The van der Waals surface area contributed by atoms with Gasteiger partial charge in [0.25, 0.3) is 0 Å². The van der Waals surface area contributed by atoms with Gasteiger partial charge in [0.1, 0.15) is 11.6 Å². The molecule has 0 aromatic heterocycles. The van der Waals surface area contributed by atoms with Crippen LogP contribution in [0, 0.1) is 11.6 Å².